The molecule has 10 rings (SSSR count). The van der Waals surface area contributed by atoms with Crippen LogP contribution in [0.1, 0.15) is 48.5 Å². The maximum Gasteiger partial charge on any atom is 0.275 e. The second-order valence-corrected chi connectivity index (χ2v) is 19.0. The number of piperazine rings is 1. The first kappa shape index (κ1) is 48.0. The van der Waals surface area contributed by atoms with Crippen molar-refractivity contribution in [3.8, 4) is 34.5 Å². The summed E-state index contributed by atoms with van der Waals surface area (Å²) < 4.78 is 15.0. The van der Waals surface area contributed by atoms with E-state index in [1.807, 2.05) is 54.3 Å². The van der Waals surface area contributed by atoms with Gasteiger partial charge >= 0.3 is 0 Å². The summed E-state index contributed by atoms with van der Waals surface area (Å²) in [6.07, 6.45) is 5.47. The summed E-state index contributed by atoms with van der Waals surface area (Å²) >= 11 is 0. The number of nitrogens with one attached hydrogen (secondary N) is 1. The average Bonchev–Trinajstić information content (AvgIpc) is 3.40. The van der Waals surface area contributed by atoms with Gasteiger partial charge in [-0.15, -0.1) is 0 Å². The molecule has 370 valence electrons. The number of hydrogen-bond acceptors (Lipinski definition) is 15. The van der Waals surface area contributed by atoms with Crippen molar-refractivity contribution in [2.24, 2.45) is 5.92 Å². The first-order valence-corrected chi connectivity index (χ1v) is 24.6. The second-order valence-electron chi connectivity index (χ2n) is 19.0. The molecule has 72 heavy (non-hydrogen) atoms. The number of morpholine rings is 1. The second kappa shape index (κ2) is 21.4. The summed E-state index contributed by atoms with van der Waals surface area (Å²) in [6, 6.07) is 25.0. The minimum absolute atomic E-state index is 0.000243. The van der Waals surface area contributed by atoms with Crippen LogP contribution in [-0.4, -0.2) is 147 Å². The van der Waals surface area contributed by atoms with E-state index in [4.69, 9.17) is 9.47 Å². The number of nitriles is 1. The number of amides is 3. The monoisotopic (exact) mass is 972 g/mol. The maximum atomic E-state index is 13.5. The Morgan fingerprint density at radius 3 is 2.40 bits per heavy atom. The van der Waals surface area contributed by atoms with Crippen molar-refractivity contribution in [1.29, 1.82) is 5.26 Å². The zero-order valence-electron chi connectivity index (χ0n) is 40.2. The maximum absolute atomic E-state index is 13.5. The summed E-state index contributed by atoms with van der Waals surface area (Å²) in [5.41, 5.74) is 4.57. The number of piperidine rings is 2. The first-order valence-electron chi connectivity index (χ1n) is 24.6. The lowest BCUT2D eigenvalue weighted by Crippen LogP contribution is -2.54. The minimum atomic E-state index is -0.814. The van der Waals surface area contributed by atoms with Gasteiger partial charge in [-0.1, -0.05) is 30.3 Å². The molecular formula is C53H56N12O7. The molecule has 6 aromatic rings. The number of aryl methyl sites for hydroxylation is 1. The number of benzene rings is 3. The third-order valence-corrected chi connectivity index (χ3v) is 14.1. The van der Waals surface area contributed by atoms with E-state index in [1.165, 1.54) is 15.4 Å². The van der Waals surface area contributed by atoms with Crippen molar-refractivity contribution < 1.29 is 23.9 Å². The predicted molar refractivity (Wildman–Crippen MR) is 267 cm³/mol. The van der Waals surface area contributed by atoms with E-state index < -0.39 is 11.9 Å². The van der Waals surface area contributed by atoms with Crippen LogP contribution in [0.2, 0.25) is 0 Å². The fraction of sp³-hybridized carbons (Fsp3) is 0.396. The molecule has 4 aliphatic heterocycles. The molecule has 0 spiro atoms. The average molecular weight is 973 g/mol. The van der Waals surface area contributed by atoms with Crippen LogP contribution < -0.4 is 26.1 Å². The number of imide groups is 1. The van der Waals surface area contributed by atoms with Gasteiger partial charge in [0.2, 0.25) is 11.8 Å². The van der Waals surface area contributed by atoms with E-state index >= 15 is 0 Å². The third-order valence-electron chi connectivity index (χ3n) is 14.1. The topological polar surface area (TPSA) is 214 Å². The van der Waals surface area contributed by atoms with Gasteiger partial charge in [0.25, 0.3) is 17.0 Å². The molecular weight excluding hydrogens is 917 g/mol. The molecule has 1 unspecified atom stereocenters. The van der Waals surface area contributed by atoms with Crippen molar-refractivity contribution in [2.45, 2.75) is 51.3 Å². The van der Waals surface area contributed by atoms with Crippen molar-refractivity contribution in [1.82, 2.24) is 49.5 Å². The van der Waals surface area contributed by atoms with Gasteiger partial charge in [-0.3, -0.25) is 39.1 Å². The first-order chi connectivity index (χ1) is 35.0. The fourth-order valence-electron chi connectivity index (χ4n) is 10.0. The van der Waals surface area contributed by atoms with Gasteiger partial charge in [0.05, 0.1) is 73.2 Å². The molecule has 19 nitrogen and oxygen atoms in total. The van der Waals surface area contributed by atoms with Crippen LogP contribution >= 0.6 is 0 Å². The molecule has 0 radical (unpaired) electrons. The molecule has 7 heterocycles. The number of nitrogens with zero attached hydrogens (tertiary/aromatic N) is 11. The van der Waals surface area contributed by atoms with Crippen molar-refractivity contribution >= 4 is 34.2 Å². The smallest absolute Gasteiger partial charge is 0.275 e. The lowest BCUT2D eigenvalue weighted by atomic mass is 9.98. The van der Waals surface area contributed by atoms with Crippen LogP contribution in [0.25, 0.3) is 33.4 Å². The van der Waals surface area contributed by atoms with Gasteiger partial charge in [-0.25, -0.2) is 19.3 Å². The molecule has 4 saturated heterocycles. The van der Waals surface area contributed by atoms with Crippen LogP contribution in [-0.2, 0) is 25.7 Å². The number of likely N-dealkylation sites (tertiary alicyclic amines) is 1. The number of rotatable bonds is 13. The van der Waals surface area contributed by atoms with Crippen molar-refractivity contribution in [3.05, 3.63) is 129 Å². The number of ether oxygens (including phenoxy) is 2. The summed E-state index contributed by atoms with van der Waals surface area (Å²) in [7, 11) is 0. The number of anilines is 1. The fourth-order valence-corrected chi connectivity index (χ4v) is 10.0. The Morgan fingerprint density at radius 1 is 0.833 bits per heavy atom. The standard InChI is InChI=1S/C53H56N12O7/c1-35-45-26-41(8-9-44(45)53(70)65(58-35)47-11-12-48(66)57-52(47)69)63-22-23-71-43(32-63)31-60-18-20-61(21-19-60)33-50(68)62-16-14-36(15-17-62)34-72-42-28-55-51(56-29-42)40-7-3-5-38(25-40)30-64-49(67)13-10-46(59-64)39-6-2-4-37(24-39)27-54/h2-10,13,24-26,28-29,36,43,47H,11-12,14-23,30-34H2,1H3,(H,57,66,69)/t43-,47?/m1/s1. The van der Waals surface area contributed by atoms with Gasteiger partial charge in [-0.05, 0) is 80.1 Å². The van der Waals surface area contributed by atoms with Crippen molar-refractivity contribution in [3.63, 3.8) is 0 Å². The number of fused-ring (bicyclic) bond motifs is 1. The van der Waals surface area contributed by atoms with E-state index in [0.717, 1.165) is 79.9 Å². The summed E-state index contributed by atoms with van der Waals surface area (Å²) in [5, 5.41) is 21.9. The Bertz CT molecular complexity index is 3150. The van der Waals surface area contributed by atoms with E-state index in [9.17, 15) is 29.2 Å². The van der Waals surface area contributed by atoms with Crippen LogP contribution in [0.5, 0.6) is 5.75 Å². The molecule has 0 saturated carbocycles. The third kappa shape index (κ3) is 11.0. The Kier molecular flexibility index (Phi) is 14.2. The van der Waals surface area contributed by atoms with Crippen LogP contribution in [0.4, 0.5) is 5.69 Å². The highest BCUT2D eigenvalue weighted by Crippen LogP contribution is 2.27. The van der Waals surface area contributed by atoms with Crippen LogP contribution in [0.15, 0.2) is 101 Å². The van der Waals surface area contributed by atoms with E-state index in [2.05, 4.69) is 46.3 Å². The Hall–Kier alpha value is -7.66. The van der Waals surface area contributed by atoms with E-state index in [0.29, 0.717) is 79.2 Å². The van der Waals surface area contributed by atoms with Crippen LogP contribution in [0.3, 0.4) is 0 Å². The SMILES string of the molecule is Cc1nn(C2CCC(=O)NC2=O)c(=O)c2ccc(N3CCO[C@H](CN4CCN(CC(=O)N5CCC(COc6cnc(-c7cccc(Cn8nc(-c9cccc(C#N)c9)ccc8=O)c7)nc6)CC5)CC4)C3)cc12. The summed E-state index contributed by atoms with van der Waals surface area (Å²) in [6.45, 7) is 10.5. The Balaban J connectivity index is 0.644. The number of carbonyl (C=O) groups is 3. The molecule has 2 atom stereocenters. The summed E-state index contributed by atoms with van der Waals surface area (Å²) in [5.74, 6) is 0.743. The molecule has 3 aromatic carbocycles. The van der Waals surface area contributed by atoms with E-state index in [-0.39, 0.29) is 48.4 Å². The normalized spacial score (nSPS) is 19.3. The van der Waals surface area contributed by atoms with Crippen LogP contribution in [0, 0.1) is 24.2 Å². The highest BCUT2D eigenvalue weighted by Gasteiger charge is 2.32. The number of carbonyl (C=O) groups excluding carboxylic acids is 3. The Morgan fingerprint density at radius 2 is 1.61 bits per heavy atom. The quantitative estimate of drug-likeness (QED) is 0.164. The van der Waals surface area contributed by atoms with Gasteiger partial charge in [0.1, 0.15) is 6.04 Å². The molecule has 19 heteroatoms. The molecule has 4 fully saturated rings. The largest absolute Gasteiger partial charge is 0.490 e. The highest BCUT2D eigenvalue weighted by molar-refractivity contribution is 5.99. The molecule has 1 N–H and O–H groups in total. The lowest BCUT2D eigenvalue weighted by molar-refractivity contribution is -0.136. The molecule has 4 aliphatic rings. The minimum Gasteiger partial charge on any atom is -0.490 e. The highest BCUT2D eigenvalue weighted by atomic mass is 16.5. The molecule has 3 amide bonds. The zero-order chi connectivity index (χ0) is 49.7. The van der Waals surface area contributed by atoms with Gasteiger partial charge in [-0.2, -0.15) is 15.5 Å². The number of hydrogen-bond donors (Lipinski definition) is 1. The molecule has 3 aromatic heterocycles. The molecule has 0 bridgehead atoms. The predicted octanol–water partition coefficient (Wildman–Crippen LogP) is 3.42. The van der Waals surface area contributed by atoms with Gasteiger partial charge in [0, 0.05) is 93.6 Å². The summed E-state index contributed by atoms with van der Waals surface area (Å²) in [4.78, 5) is 81.9. The molecule has 0 aliphatic carbocycles. The zero-order valence-corrected chi connectivity index (χ0v) is 40.2. The lowest BCUT2D eigenvalue weighted by Gasteiger charge is -2.40. The van der Waals surface area contributed by atoms with E-state index in [1.54, 1.807) is 42.7 Å². The number of aromatic nitrogens is 6. The van der Waals surface area contributed by atoms with Gasteiger partial charge < -0.3 is 19.3 Å². The van der Waals surface area contributed by atoms with Gasteiger partial charge in [0.15, 0.2) is 11.6 Å². The Labute approximate surface area is 415 Å². The van der Waals surface area contributed by atoms with Crippen molar-refractivity contribution in [2.75, 3.05) is 83.6 Å².